The van der Waals surface area contributed by atoms with E-state index >= 15 is 0 Å². The van der Waals surface area contributed by atoms with Crippen LogP contribution in [0, 0.1) is 0 Å². The zero-order chi connectivity index (χ0) is 20.3. The monoisotopic (exact) mass is 407 g/mol. The molecule has 0 bridgehead atoms. The van der Waals surface area contributed by atoms with Crippen molar-refractivity contribution in [2.24, 2.45) is 0 Å². The number of sulfonamides is 1. The summed E-state index contributed by atoms with van der Waals surface area (Å²) in [7, 11) is -3.23. The summed E-state index contributed by atoms with van der Waals surface area (Å²) in [6.45, 7) is 0.740. The molecule has 0 aliphatic rings. The van der Waals surface area contributed by atoms with Crippen molar-refractivity contribution < 1.29 is 44.3 Å². The second kappa shape index (κ2) is 7.82. The van der Waals surface area contributed by atoms with E-state index in [0.29, 0.717) is 4.31 Å². The van der Waals surface area contributed by atoms with Gasteiger partial charge >= 0.3 is 18.3 Å². The molecular weight excluding hydrogens is 392 g/mol. The summed E-state index contributed by atoms with van der Waals surface area (Å²) >= 11 is 0. The highest BCUT2D eigenvalue weighted by atomic mass is 32.2. The molecule has 0 aliphatic heterocycles. The number of carbonyl (C=O) groups is 1. The van der Waals surface area contributed by atoms with Crippen molar-refractivity contribution in [2.45, 2.75) is 25.8 Å². The fourth-order valence-corrected chi connectivity index (χ4v) is 2.94. The number of esters is 1. The third-order valence-electron chi connectivity index (χ3n) is 3.18. The van der Waals surface area contributed by atoms with E-state index in [0.717, 1.165) is 13.1 Å². The van der Waals surface area contributed by atoms with Gasteiger partial charge in [0, 0.05) is 13.6 Å². The van der Waals surface area contributed by atoms with Crippen molar-refractivity contribution in [3.8, 4) is 0 Å². The number of nitrogens with zero attached hydrogens (tertiary/aromatic N) is 1. The molecule has 1 aromatic carbocycles. The second-order valence-electron chi connectivity index (χ2n) is 5.19. The molecule has 26 heavy (non-hydrogen) atoms. The van der Waals surface area contributed by atoms with Gasteiger partial charge in [-0.3, -0.25) is 4.79 Å². The van der Waals surface area contributed by atoms with Crippen LogP contribution in [0.1, 0.15) is 23.6 Å². The van der Waals surface area contributed by atoms with Crippen LogP contribution in [0.15, 0.2) is 18.2 Å². The molecule has 0 radical (unpaired) electrons. The number of rotatable bonds is 6. The summed E-state index contributed by atoms with van der Waals surface area (Å²) in [5, 5.41) is 0. The smallest absolute Gasteiger partial charge is 0.417 e. The largest absolute Gasteiger partial charge is 0.465 e. The van der Waals surface area contributed by atoms with Crippen molar-refractivity contribution in [3.05, 3.63) is 34.9 Å². The van der Waals surface area contributed by atoms with Gasteiger partial charge in [-0.1, -0.05) is 6.07 Å². The van der Waals surface area contributed by atoms with Gasteiger partial charge in [0.2, 0.25) is 10.0 Å². The summed E-state index contributed by atoms with van der Waals surface area (Å²) in [6.07, 6.45) is -10.5. The molecule has 5 nitrogen and oxygen atoms in total. The third kappa shape index (κ3) is 5.87. The van der Waals surface area contributed by atoms with Gasteiger partial charge in [0.15, 0.2) is 5.75 Å². The number of ether oxygens (including phenoxy) is 1. The Balaban J connectivity index is 3.12. The highest BCUT2D eigenvalue weighted by Crippen LogP contribution is 2.40. The molecule has 0 spiro atoms. The van der Waals surface area contributed by atoms with Crippen LogP contribution in [0.3, 0.4) is 0 Å². The van der Waals surface area contributed by atoms with Gasteiger partial charge in [0.05, 0.1) is 17.7 Å². The normalized spacial score (nSPS) is 13.1. The maximum atomic E-state index is 12.9. The highest BCUT2D eigenvalue weighted by molar-refractivity contribution is 7.89. The Morgan fingerprint density at radius 2 is 1.62 bits per heavy atom. The first-order valence-electron chi connectivity index (χ1n) is 7.05. The molecule has 0 amide bonds. The Morgan fingerprint density at radius 3 is 2.08 bits per heavy atom. The van der Waals surface area contributed by atoms with Gasteiger partial charge in [-0.2, -0.15) is 26.3 Å². The molecule has 1 aromatic rings. The van der Waals surface area contributed by atoms with E-state index in [-0.39, 0.29) is 24.3 Å². The Bertz CT molecular complexity index is 758. The maximum Gasteiger partial charge on any atom is 0.417 e. The van der Waals surface area contributed by atoms with Crippen LogP contribution in [-0.2, 0) is 38.5 Å². The number of carbonyl (C=O) groups excluding carboxylic acids is 1. The van der Waals surface area contributed by atoms with Crippen molar-refractivity contribution >= 4 is 16.0 Å². The van der Waals surface area contributed by atoms with E-state index < -0.39 is 51.8 Å². The minimum Gasteiger partial charge on any atom is -0.465 e. The summed E-state index contributed by atoms with van der Waals surface area (Å²) in [5.41, 5.74) is -4.11. The van der Waals surface area contributed by atoms with E-state index in [9.17, 15) is 39.6 Å². The molecule has 0 aliphatic carbocycles. The molecule has 0 saturated heterocycles. The van der Waals surface area contributed by atoms with Gasteiger partial charge in [0.25, 0.3) is 0 Å². The van der Waals surface area contributed by atoms with E-state index in [1.165, 1.54) is 6.92 Å². The first kappa shape index (κ1) is 22.2. The Kier molecular flexibility index (Phi) is 6.69. The number of hydrogen-bond donors (Lipinski definition) is 0. The number of alkyl halides is 6. The molecule has 0 heterocycles. The number of benzene rings is 1. The van der Waals surface area contributed by atoms with Crippen LogP contribution in [0.4, 0.5) is 26.3 Å². The van der Waals surface area contributed by atoms with Gasteiger partial charge in [-0.25, -0.2) is 12.7 Å². The van der Waals surface area contributed by atoms with Gasteiger partial charge < -0.3 is 4.74 Å². The zero-order valence-corrected chi connectivity index (χ0v) is 14.4. The van der Waals surface area contributed by atoms with Crippen molar-refractivity contribution in [3.63, 3.8) is 0 Å². The number of hydrogen-bond acceptors (Lipinski definition) is 4. The van der Waals surface area contributed by atoms with Crippen LogP contribution in [0.25, 0.3) is 0 Å². The molecular formula is C14H15F6NO4S. The lowest BCUT2D eigenvalue weighted by atomic mass is 10.0. The highest BCUT2D eigenvalue weighted by Gasteiger charge is 2.43. The Hall–Kier alpha value is -1.82. The van der Waals surface area contributed by atoms with E-state index in [1.807, 2.05) is 0 Å². The third-order valence-corrected chi connectivity index (χ3v) is 4.86. The van der Waals surface area contributed by atoms with E-state index in [4.69, 9.17) is 0 Å². The minimum atomic E-state index is -5.27. The summed E-state index contributed by atoms with van der Waals surface area (Å²) in [6, 6.07) is 1.22. The van der Waals surface area contributed by atoms with Crippen LogP contribution < -0.4 is 0 Å². The van der Waals surface area contributed by atoms with Crippen LogP contribution in [0.5, 0.6) is 0 Å². The molecule has 12 heteroatoms. The minimum absolute atomic E-state index is 0.0636. The van der Waals surface area contributed by atoms with Gasteiger partial charge in [0.1, 0.15) is 0 Å². The summed E-state index contributed by atoms with van der Waals surface area (Å²) < 4.78 is 106. The molecule has 0 unspecified atom stereocenters. The van der Waals surface area contributed by atoms with Gasteiger partial charge in [-0.05, 0) is 24.6 Å². The quantitative estimate of drug-likeness (QED) is 0.537. The first-order chi connectivity index (χ1) is 11.7. The lowest BCUT2D eigenvalue weighted by Crippen LogP contribution is -2.32. The zero-order valence-electron chi connectivity index (χ0n) is 13.6. The average Bonchev–Trinajstić information content (AvgIpc) is 2.44. The summed E-state index contributed by atoms with van der Waals surface area (Å²) in [5.74, 6) is -2.09. The fraction of sp³-hybridized carbons (Fsp3) is 0.500. The molecule has 0 atom stereocenters. The maximum absolute atomic E-state index is 12.9. The predicted octanol–water partition coefficient (Wildman–Crippen LogP) is 3.05. The lowest BCUT2D eigenvalue weighted by molar-refractivity contribution is -0.162. The second-order valence-corrected chi connectivity index (χ2v) is 7.27. The van der Waals surface area contributed by atoms with Crippen molar-refractivity contribution in [2.75, 3.05) is 19.4 Å². The summed E-state index contributed by atoms with van der Waals surface area (Å²) in [4.78, 5) is 11.3. The topological polar surface area (TPSA) is 63.7 Å². The van der Waals surface area contributed by atoms with Crippen LogP contribution in [0.2, 0.25) is 0 Å². The molecule has 0 aromatic heterocycles. The fourth-order valence-electron chi connectivity index (χ4n) is 1.99. The van der Waals surface area contributed by atoms with Crippen molar-refractivity contribution in [1.82, 2.24) is 4.31 Å². The SMILES string of the molecule is CCOC(=O)CS(=O)(=O)N(C)Cc1ccc(C(F)(F)F)c(C(F)(F)F)c1. The molecule has 148 valence electrons. The molecule has 0 saturated carbocycles. The lowest BCUT2D eigenvalue weighted by Gasteiger charge is -2.20. The van der Waals surface area contributed by atoms with Gasteiger partial charge in [-0.15, -0.1) is 0 Å². The molecule has 0 fully saturated rings. The van der Waals surface area contributed by atoms with Crippen LogP contribution in [-0.4, -0.2) is 38.1 Å². The van der Waals surface area contributed by atoms with E-state index in [1.54, 1.807) is 0 Å². The average molecular weight is 407 g/mol. The Morgan fingerprint density at radius 1 is 1.08 bits per heavy atom. The standard InChI is InChI=1S/C14H15F6NO4S/c1-3-25-12(22)8-26(23,24)21(2)7-9-4-5-10(13(15,16)17)11(6-9)14(18,19)20/h4-6H,3,7-8H2,1-2H3. The Labute approximate surface area is 145 Å². The van der Waals surface area contributed by atoms with Crippen molar-refractivity contribution in [1.29, 1.82) is 0 Å². The van der Waals surface area contributed by atoms with Crippen LogP contribution >= 0.6 is 0 Å². The number of halogens is 6. The van der Waals surface area contributed by atoms with E-state index in [2.05, 4.69) is 4.74 Å². The predicted molar refractivity (Wildman–Crippen MR) is 78.3 cm³/mol. The first-order valence-corrected chi connectivity index (χ1v) is 8.66. The molecule has 1 rings (SSSR count). The molecule has 0 N–H and O–H groups in total.